The van der Waals surface area contributed by atoms with Gasteiger partial charge in [0.25, 0.3) is 0 Å². The highest BCUT2D eigenvalue weighted by Gasteiger charge is 2.18. The average molecular weight is 231 g/mol. The number of nitrogens with one attached hydrogen (secondary N) is 1. The maximum Gasteiger partial charge on any atom is 0.119 e. The summed E-state index contributed by atoms with van der Waals surface area (Å²) in [5, 5.41) is 3.32. The van der Waals surface area contributed by atoms with Crippen LogP contribution in [0.2, 0.25) is 0 Å². The van der Waals surface area contributed by atoms with E-state index in [4.69, 9.17) is 4.74 Å². The van der Waals surface area contributed by atoms with Crippen LogP contribution in [0.3, 0.4) is 0 Å². The Kier molecular flexibility index (Phi) is 3.32. The minimum Gasteiger partial charge on any atom is -0.490 e. The molecule has 0 atom stereocenters. The predicted molar refractivity (Wildman–Crippen MR) is 69.4 cm³/mol. The number of ether oxygens (including phenoxy) is 1. The van der Waals surface area contributed by atoms with Crippen molar-refractivity contribution in [1.29, 1.82) is 0 Å². The summed E-state index contributed by atoms with van der Waals surface area (Å²) in [4.78, 5) is 0. The molecule has 0 unspecified atom stereocenters. The van der Waals surface area contributed by atoms with Crippen LogP contribution in [0.5, 0.6) is 5.75 Å². The summed E-state index contributed by atoms with van der Waals surface area (Å²) in [5.74, 6) is 1.89. The lowest BCUT2D eigenvalue weighted by Gasteiger charge is -2.27. The molecule has 3 rings (SSSR count). The summed E-state index contributed by atoms with van der Waals surface area (Å²) in [6.45, 7) is 2.36. The highest BCUT2D eigenvalue weighted by Crippen LogP contribution is 2.24. The standard InChI is InChI=1S/C15H21NO/c1-2-4-14(3-1)17-15-7-5-12(6-8-15)9-13-10-16-11-13/h5-8,13-14,16H,1-4,9-11H2. The Hall–Kier alpha value is -1.02. The zero-order valence-corrected chi connectivity index (χ0v) is 10.3. The van der Waals surface area contributed by atoms with E-state index in [0.29, 0.717) is 6.10 Å². The molecule has 92 valence electrons. The Balaban J connectivity index is 1.55. The van der Waals surface area contributed by atoms with Gasteiger partial charge >= 0.3 is 0 Å². The fourth-order valence-electron chi connectivity index (χ4n) is 2.73. The van der Waals surface area contributed by atoms with Gasteiger partial charge < -0.3 is 10.1 Å². The number of benzene rings is 1. The van der Waals surface area contributed by atoms with E-state index in [1.54, 1.807) is 0 Å². The van der Waals surface area contributed by atoms with Crippen LogP contribution in [-0.4, -0.2) is 19.2 Å². The van der Waals surface area contributed by atoms with E-state index in [1.807, 2.05) is 0 Å². The zero-order chi connectivity index (χ0) is 11.5. The van der Waals surface area contributed by atoms with Crippen LogP contribution in [-0.2, 0) is 6.42 Å². The van der Waals surface area contributed by atoms with E-state index in [1.165, 1.54) is 50.8 Å². The predicted octanol–water partition coefficient (Wildman–Crippen LogP) is 2.77. The Morgan fingerprint density at radius 1 is 1.06 bits per heavy atom. The molecule has 1 aromatic rings. The maximum atomic E-state index is 5.96. The van der Waals surface area contributed by atoms with Crippen LogP contribution in [0.15, 0.2) is 24.3 Å². The topological polar surface area (TPSA) is 21.3 Å². The van der Waals surface area contributed by atoms with Gasteiger partial charge in [-0.1, -0.05) is 12.1 Å². The molecule has 17 heavy (non-hydrogen) atoms. The van der Waals surface area contributed by atoms with Crippen LogP contribution in [0.25, 0.3) is 0 Å². The fraction of sp³-hybridized carbons (Fsp3) is 0.600. The van der Waals surface area contributed by atoms with E-state index >= 15 is 0 Å². The van der Waals surface area contributed by atoms with Gasteiger partial charge in [-0.3, -0.25) is 0 Å². The van der Waals surface area contributed by atoms with Gasteiger partial charge in [0.05, 0.1) is 6.10 Å². The molecule has 0 aromatic heterocycles. The van der Waals surface area contributed by atoms with Gasteiger partial charge in [0.1, 0.15) is 5.75 Å². The molecular weight excluding hydrogens is 210 g/mol. The van der Waals surface area contributed by atoms with Crippen molar-refractivity contribution in [3.63, 3.8) is 0 Å². The third-order valence-electron chi connectivity index (χ3n) is 3.92. The van der Waals surface area contributed by atoms with Crippen molar-refractivity contribution < 1.29 is 4.74 Å². The minimum atomic E-state index is 0.469. The number of hydrogen-bond acceptors (Lipinski definition) is 2. The van der Waals surface area contributed by atoms with Crippen molar-refractivity contribution >= 4 is 0 Å². The molecule has 2 fully saturated rings. The first-order valence-electron chi connectivity index (χ1n) is 6.86. The second kappa shape index (κ2) is 5.09. The highest BCUT2D eigenvalue weighted by atomic mass is 16.5. The first-order valence-corrected chi connectivity index (χ1v) is 6.86. The van der Waals surface area contributed by atoms with Gasteiger partial charge in [0.2, 0.25) is 0 Å². The third-order valence-corrected chi connectivity index (χ3v) is 3.92. The monoisotopic (exact) mass is 231 g/mol. The molecule has 1 saturated carbocycles. The molecule has 1 aliphatic heterocycles. The van der Waals surface area contributed by atoms with Crippen LogP contribution in [0.1, 0.15) is 31.2 Å². The molecule has 1 N–H and O–H groups in total. The molecule has 1 saturated heterocycles. The average Bonchev–Trinajstić information content (AvgIpc) is 2.78. The van der Waals surface area contributed by atoms with E-state index in [9.17, 15) is 0 Å². The number of hydrogen-bond donors (Lipinski definition) is 1. The van der Waals surface area contributed by atoms with E-state index in [0.717, 1.165) is 11.7 Å². The molecule has 1 heterocycles. The Bertz CT molecular complexity index is 350. The zero-order valence-electron chi connectivity index (χ0n) is 10.3. The van der Waals surface area contributed by atoms with Crippen LogP contribution >= 0.6 is 0 Å². The second-order valence-electron chi connectivity index (χ2n) is 5.40. The maximum absolute atomic E-state index is 5.96. The normalized spacial score (nSPS) is 21.4. The van der Waals surface area contributed by atoms with Crippen molar-refractivity contribution in [2.45, 2.75) is 38.2 Å². The van der Waals surface area contributed by atoms with Crippen LogP contribution in [0.4, 0.5) is 0 Å². The van der Waals surface area contributed by atoms with Gasteiger partial charge in [-0.25, -0.2) is 0 Å². The molecule has 2 heteroatoms. The molecular formula is C15H21NO. The minimum absolute atomic E-state index is 0.469. The van der Waals surface area contributed by atoms with Gasteiger partial charge in [0.15, 0.2) is 0 Å². The second-order valence-corrected chi connectivity index (χ2v) is 5.40. The van der Waals surface area contributed by atoms with E-state index in [-0.39, 0.29) is 0 Å². The van der Waals surface area contributed by atoms with Crippen LogP contribution in [0, 0.1) is 5.92 Å². The Morgan fingerprint density at radius 3 is 2.35 bits per heavy atom. The van der Waals surface area contributed by atoms with Gasteiger partial charge in [0, 0.05) is 0 Å². The third kappa shape index (κ3) is 2.81. The van der Waals surface area contributed by atoms with E-state index in [2.05, 4.69) is 29.6 Å². The van der Waals surface area contributed by atoms with Crippen molar-refractivity contribution in [3.05, 3.63) is 29.8 Å². The summed E-state index contributed by atoms with van der Waals surface area (Å²) in [6.07, 6.45) is 6.80. The lowest BCUT2D eigenvalue weighted by atomic mass is 9.94. The van der Waals surface area contributed by atoms with Crippen molar-refractivity contribution in [1.82, 2.24) is 5.32 Å². The van der Waals surface area contributed by atoms with Gasteiger partial charge in [-0.05, 0) is 68.8 Å². The fourth-order valence-corrected chi connectivity index (χ4v) is 2.73. The van der Waals surface area contributed by atoms with Crippen molar-refractivity contribution in [2.75, 3.05) is 13.1 Å². The smallest absolute Gasteiger partial charge is 0.119 e. The lowest BCUT2D eigenvalue weighted by Crippen LogP contribution is -2.43. The molecule has 2 nitrogen and oxygen atoms in total. The van der Waals surface area contributed by atoms with Crippen LogP contribution < -0.4 is 10.1 Å². The van der Waals surface area contributed by atoms with Gasteiger partial charge in [-0.15, -0.1) is 0 Å². The quantitative estimate of drug-likeness (QED) is 0.860. The Morgan fingerprint density at radius 2 is 1.76 bits per heavy atom. The summed E-state index contributed by atoms with van der Waals surface area (Å²) >= 11 is 0. The number of rotatable bonds is 4. The summed E-state index contributed by atoms with van der Waals surface area (Å²) in [7, 11) is 0. The molecule has 0 bridgehead atoms. The first-order chi connectivity index (χ1) is 8.40. The van der Waals surface area contributed by atoms with Gasteiger partial charge in [-0.2, -0.15) is 0 Å². The summed E-state index contributed by atoms with van der Waals surface area (Å²) < 4.78 is 5.96. The molecule has 0 radical (unpaired) electrons. The summed E-state index contributed by atoms with van der Waals surface area (Å²) in [5.41, 5.74) is 1.44. The molecule has 0 amide bonds. The molecule has 1 aliphatic carbocycles. The summed E-state index contributed by atoms with van der Waals surface area (Å²) in [6, 6.07) is 8.73. The van der Waals surface area contributed by atoms with E-state index < -0.39 is 0 Å². The molecule has 0 spiro atoms. The lowest BCUT2D eigenvalue weighted by molar-refractivity contribution is 0.210. The molecule has 2 aliphatic rings. The van der Waals surface area contributed by atoms with Crippen molar-refractivity contribution in [2.24, 2.45) is 5.92 Å². The SMILES string of the molecule is c1cc(OC2CCCC2)ccc1CC1CNC1. The largest absolute Gasteiger partial charge is 0.490 e. The first kappa shape index (κ1) is 11.1. The Labute approximate surface area is 103 Å². The molecule has 1 aromatic carbocycles. The highest BCUT2D eigenvalue weighted by molar-refractivity contribution is 5.28. The van der Waals surface area contributed by atoms with Crippen molar-refractivity contribution in [3.8, 4) is 5.75 Å².